The molecule has 0 saturated carbocycles. The molecule has 0 fully saturated rings. The molecule has 1 aromatic carbocycles. The smallest absolute Gasteiger partial charge is 0.277 e. The number of amides is 1. The summed E-state index contributed by atoms with van der Waals surface area (Å²) in [7, 11) is 0. The fourth-order valence-corrected chi connectivity index (χ4v) is 4.53. The molecule has 0 saturated heterocycles. The van der Waals surface area contributed by atoms with E-state index < -0.39 is 0 Å². The largest absolute Gasteiger partial charge is 0.410 e. The Kier molecular flexibility index (Phi) is 6.01. The number of rotatable bonds is 7. The van der Waals surface area contributed by atoms with Crippen LogP contribution in [0.4, 0.5) is 0 Å². The molecule has 2 aromatic heterocycles. The number of likely N-dealkylation sites (N-methyl/N-ethyl adjacent to an activating group) is 1. The molecular formula is C18H18ClN3O2S2. The van der Waals surface area contributed by atoms with Gasteiger partial charge in [-0.05, 0) is 19.9 Å². The van der Waals surface area contributed by atoms with Crippen molar-refractivity contribution in [1.82, 2.24) is 15.1 Å². The first-order chi connectivity index (χ1) is 12.5. The van der Waals surface area contributed by atoms with Crippen LogP contribution in [0.25, 0.3) is 20.9 Å². The number of carbonyl (C=O) groups is 1. The number of thiophene rings is 1. The Hall–Kier alpha value is -1.83. The average Bonchev–Trinajstić information content (AvgIpc) is 3.22. The molecule has 5 nitrogen and oxygen atoms in total. The summed E-state index contributed by atoms with van der Waals surface area (Å²) < 4.78 is 6.77. The van der Waals surface area contributed by atoms with Crippen LogP contribution in [0.3, 0.4) is 0 Å². The van der Waals surface area contributed by atoms with E-state index in [1.54, 1.807) is 4.90 Å². The molecule has 0 aliphatic carbocycles. The molecule has 3 rings (SSSR count). The van der Waals surface area contributed by atoms with Gasteiger partial charge in [-0.3, -0.25) is 4.79 Å². The first-order valence-corrected chi connectivity index (χ1v) is 10.2. The van der Waals surface area contributed by atoms with Gasteiger partial charge >= 0.3 is 0 Å². The van der Waals surface area contributed by atoms with E-state index >= 15 is 0 Å². The molecule has 0 unspecified atom stereocenters. The molecule has 3 aromatic rings. The molecular weight excluding hydrogens is 390 g/mol. The number of thioether (sulfide) groups is 1. The lowest BCUT2D eigenvalue weighted by Gasteiger charge is -2.20. The van der Waals surface area contributed by atoms with Crippen LogP contribution in [0.5, 0.6) is 0 Å². The predicted molar refractivity (Wildman–Crippen MR) is 108 cm³/mol. The maximum Gasteiger partial charge on any atom is 0.277 e. The van der Waals surface area contributed by atoms with E-state index in [-0.39, 0.29) is 11.7 Å². The van der Waals surface area contributed by atoms with Crippen LogP contribution in [-0.2, 0) is 4.79 Å². The zero-order chi connectivity index (χ0) is 18.7. The predicted octanol–water partition coefficient (Wildman–Crippen LogP) is 5.12. The van der Waals surface area contributed by atoms with Gasteiger partial charge in [-0.2, -0.15) is 0 Å². The lowest BCUT2D eigenvalue weighted by molar-refractivity contribution is -0.127. The quantitative estimate of drug-likeness (QED) is 0.401. The highest BCUT2D eigenvalue weighted by Crippen LogP contribution is 2.41. The number of halogens is 1. The Balaban J connectivity index is 1.70. The molecule has 0 spiro atoms. The molecule has 0 radical (unpaired) electrons. The third-order valence-electron chi connectivity index (χ3n) is 3.65. The van der Waals surface area contributed by atoms with Gasteiger partial charge in [0.1, 0.15) is 4.88 Å². The summed E-state index contributed by atoms with van der Waals surface area (Å²) in [5, 5.41) is 10.0. The van der Waals surface area contributed by atoms with E-state index in [9.17, 15) is 4.79 Å². The third-order valence-corrected chi connectivity index (χ3v) is 6.12. The highest BCUT2D eigenvalue weighted by molar-refractivity contribution is 7.99. The molecule has 8 heteroatoms. The second kappa shape index (κ2) is 8.24. The maximum atomic E-state index is 12.3. The van der Waals surface area contributed by atoms with Crippen molar-refractivity contribution in [2.24, 2.45) is 0 Å². The fraction of sp³-hybridized carbons (Fsp3) is 0.278. The van der Waals surface area contributed by atoms with Gasteiger partial charge in [0.25, 0.3) is 11.1 Å². The van der Waals surface area contributed by atoms with Gasteiger partial charge in [-0.1, -0.05) is 53.7 Å². The van der Waals surface area contributed by atoms with Gasteiger partial charge < -0.3 is 9.32 Å². The highest BCUT2D eigenvalue weighted by Gasteiger charge is 2.19. The van der Waals surface area contributed by atoms with E-state index in [1.165, 1.54) is 23.1 Å². The van der Waals surface area contributed by atoms with Gasteiger partial charge in [0.2, 0.25) is 5.91 Å². The minimum absolute atomic E-state index is 0.0140. The van der Waals surface area contributed by atoms with Crippen molar-refractivity contribution < 1.29 is 9.21 Å². The Bertz CT molecular complexity index is 951. The minimum Gasteiger partial charge on any atom is -0.410 e. The maximum absolute atomic E-state index is 12.3. The molecule has 0 aliphatic heterocycles. The first-order valence-electron chi connectivity index (χ1n) is 8.05. The standard InChI is InChI=1S/C18H18ClN3O2S2/c1-4-22(9-11(2)3)14(23)10-25-18-21-20-17(24-18)16-15(19)12-7-5-6-8-13(12)26-16/h5-8H,2,4,9-10H2,1,3H3. The van der Waals surface area contributed by atoms with Gasteiger partial charge in [0.05, 0.1) is 10.8 Å². The van der Waals surface area contributed by atoms with Crippen molar-refractivity contribution in [3.05, 3.63) is 41.4 Å². The number of fused-ring (bicyclic) bond motifs is 1. The first kappa shape index (κ1) is 18.9. The normalized spacial score (nSPS) is 11.0. The molecule has 1 amide bonds. The molecule has 26 heavy (non-hydrogen) atoms. The summed E-state index contributed by atoms with van der Waals surface area (Å²) in [4.78, 5) is 14.8. The molecule has 0 atom stereocenters. The number of hydrogen-bond donors (Lipinski definition) is 0. The number of nitrogens with zero attached hydrogens (tertiary/aromatic N) is 3. The second-order valence-electron chi connectivity index (χ2n) is 5.77. The lowest BCUT2D eigenvalue weighted by atomic mass is 10.2. The van der Waals surface area contributed by atoms with Crippen LogP contribution >= 0.6 is 34.7 Å². The van der Waals surface area contributed by atoms with Gasteiger partial charge in [0.15, 0.2) is 0 Å². The Morgan fingerprint density at radius 2 is 2.15 bits per heavy atom. The van der Waals surface area contributed by atoms with E-state index in [2.05, 4.69) is 16.8 Å². The van der Waals surface area contributed by atoms with Crippen LogP contribution in [0.15, 0.2) is 46.1 Å². The summed E-state index contributed by atoms with van der Waals surface area (Å²) in [5.74, 6) is 0.628. The summed E-state index contributed by atoms with van der Waals surface area (Å²) in [6, 6.07) is 7.87. The molecule has 136 valence electrons. The Morgan fingerprint density at radius 3 is 2.85 bits per heavy atom. The van der Waals surface area contributed by atoms with Crippen molar-refractivity contribution in [3.8, 4) is 10.8 Å². The number of carbonyl (C=O) groups excluding carboxylic acids is 1. The summed E-state index contributed by atoms with van der Waals surface area (Å²) in [6.07, 6.45) is 0. The molecule has 0 N–H and O–H groups in total. The van der Waals surface area contributed by atoms with Crippen LogP contribution < -0.4 is 0 Å². The van der Waals surface area contributed by atoms with Crippen LogP contribution in [0, 0.1) is 0 Å². The van der Waals surface area contributed by atoms with E-state index in [0.29, 0.717) is 29.2 Å². The number of benzene rings is 1. The summed E-state index contributed by atoms with van der Waals surface area (Å²) in [5.41, 5.74) is 0.949. The summed E-state index contributed by atoms with van der Waals surface area (Å²) >= 11 is 9.18. The Morgan fingerprint density at radius 1 is 1.38 bits per heavy atom. The monoisotopic (exact) mass is 407 g/mol. The van der Waals surface area contributed by atoms with Gasteiger partial charge in [-0.15, -0.1) is 21.5 Å². The number of aromatic nitrogens is 2. The van der Waals surface area contributed by atoms with Crippen molar-refractivity contribution in [1.29, 1.82) is 0 Å². The zero-order valence-corrected chi connectivity index (χ0v) is 16.9. The average molecular weight is 408 g/mol. The van der Waals surface area contributed by atoms with Crippen LogP contribution in [0.1, 0.15) is 13.8 Å². The van der Waals surface area contributed by atoms with E-state index in [4.69, 9.17) is 16.0 Å². The minimum atomic E-state index is 0.0140. The highest BCUT2D eigenvalue weighted by atomic mass is 35.5. The molecule has 0 bridgehead atoms. The Labute approximate surface area is 165 Å². The molecule has 0 aliphatic rings. The lowest BCUT2D eigenvalue weighted by Crippen LogP contribution is -2.33. The molecule has 2 heterocycles. The van der Waals surface area contributed by atoms with Crippen molar-refractivity contribution in [2.75, 3.05) is 18.8 Å². The van der Waals surface area contributed by atoms with Crippen molar-refractivity contribution in [2.45, 2.75) is 19.1 Å². The fourth-order valence-electron chi connectivity index (χ4n) is 2.43. The van der Waals surface area contributed by atoms with E-state index in [1.807, 2.05) is 38.1 Å². The second-order valence-corrected chi connectivity index (χ2v) is 8.12. The van der Waals surface area contributed by atoms with Crippen molar-refractivity contribution >= 4 is 50.7 Å². The third kappa shape index (κ3) is 4.11. The van der Waals surface area contributed by atoms with Crippen molar-refractivity contribution in [3.63, 3.8) is 0 Å². The zero-order valence-electron chi connectivity index (χ0n) is 14.5. The summed E-state index contributed by atoms with van der Waals surface area (Å²) in [6.45, 7) is 8.90. The SMILES string of the molecule is C=C(C)CN(CC)C(=O)CSc1nnc(-c2sc3ccccc3c2Cl)o1. The van der Waals surface area contributed by atoms with Crippen LogP contribution in [0.2, 0.25) is 5.02 Å². The number of hydrogen-bond acceptors (Lipinski definition) is 6. The van der Waals surface area contributed by atoms with Gasteiger partial charge in [0, 0.05) is 23.2 Å². The van der Waals surface area contributed by atoms with Gasteiger partial charge in [-0.25, -0.2) is 0 Å². The van der Waals surface area contributed by atoms with E-state index in [0.717, 1.165) is 20.5 Å². The van der Waals surface area contributed by atoms with Crippen LogP contribution in [-0.4, -0.2) is 39.8 Å². The topological polar surface area (TPSA) is 59.2 Å².